The number of carbonyl (C=O) groups is 2. The highest BCUT2D eigenvalue weighted by atomic mass is 19.1. The minimum atomic E-state index is -0.318. The Morgan fingerprint density at radius 1 is 0.938 bits per heavy atom. The molecule has 0 aliphatic heterocycles. The molecule has 0 radical (unpaired) electrons. The molecule has 1 N–H and O–H groups in total. The van der Waals surface area contributed by atoms with Crippen molar-refractivity contribution in [3.63, 3.8) is 0 Å². The average molecular weight is 435 g/mol. The van der Waals surface area contributed by atoms with Crippen molar-refractivity contribution >= 4 is 11.9 Å². The van der Waals surface area contributed by atoms with Gasteiger partial charge < -0.3 is 14.8 Å². The van der Waals surface area contributed by atoms with E-state index in [2.05, 4.69) is 5.32 Å². The molecule has 6 heteroatoms. The van der Waals surface area contributed by atoms with Crippen molar-refractivity contribution in [3.8, 4) is 5.75 Å². The predicted molar refractivity (Wildman–Crippen MR) is 120 cm³/mol. The average Bonchev–Trinajstić information content (AvgIpc) is 2.77. The zero-order chi connectivity index (χ0) is 22.9. The molecule has 0 heterocycles. The maximum absolute atomic E-state index is 13.3. The van der Waals surface area contributed by atoms with E-state index >= 15 is 0 Å². The van der Waals surface area contributed by atoms with Crippen LogP contribution in [0.25, 0.3) is 0 Å². The van der Waals surface area contributed by atoms with E-state index in [1.165, 1.54) is 12.1 Å². The van der Waals surface area contributed by atoms with Gasteiger partial charge in [-0.05, 0) is 60.4 Å². The minimum absolute atomic E-state index is 0.194. The Kier molecular flexibility index (Phi) is 7.97. The number of hydrogen-bond donors (Lipinski definition) is 1. The van der Waals surface area contributed by atoms with Crippen molar-refractivity contribution in [2.24, 2.45) is 0 Å². The summed E-state index contributed by atoms with van der Waals surface area (Å²) in [5.41, 5.74) is 3.75. The summed E-state index contributed by atoms with van der Waals surface area (Å²) in [4.78, 5) is 24.4. The zero-order valence-corrected chi connectivity index (χ0v) is 18.2. The summed E-state index contributed by atoms with van der Waals surface area (Å²) in [6, 6.07) is 18.9. The van der Waals surface area contributed by atoms with Crippen LogP contribution >= 0.6 is 0 Å². The van der Waals surface area contributed by atoms with Gasteiger partial charge in [0.2, 0.25) is 0 Å². The lowest BCUT2D eigenvalue weighted by atomic mass is 10.1. The van der Waals surface area contributed by atoms with Crippen molar-refractivity contribution in [1.82, 2.24) is 5.32 Å². The van der Waals surface area contributed by atoms with Crippen LogP contribution < -0.4 is 10.1 Å². The second kappa shape index (κ2) is 11.1. The number of esters is 1. The van der Waals surface area contributed by atoms with Crippen LogP contribution in [0.15, 0.2) is 66.7 Å². The molecular formula is C26H26FNO4. The second-order valence-corrected chi connectivity index (χ2v) is 7.38. The number of amides is 1. The zero-order valence-electron chi connectivity index (χ0n) is 18.2. The van der Waals surface area contributed by atoms with E-state index < -0.39 is 0 Å². The predicted octanol–water partition coefficient (Wildman–Crippen LogP) is 4.75. The number of rotatable bonds is 9. The molecule has 1 amide bonds. The maximum atomic E-state index is 13.3. The Morgan fingerprint density at radius 3 is 2.47 bits per heavy atom. The quantitative estimate of drug-likeness (QED) is 0.493. The first-order valence-corrected chi connectivity index (χ1v) is 10.4. The number of aryl methyl sites for hydroxylation is 1. The first-order chi connectivity index (χ1) is 15.4. The van der Waals surface area contributed by atoms with Gasteiger partial charge in [-0.15, -0.1) is 0 Å². The van der Waals surface area contributed by atoms with Gasteiger partial charge in [-0.3, -0.25) is 9.59 Å². The molecule has 0 aliphatic carbocycles. The smallest absolute Gasteiger partial charge is 0.310 e. The third kappa shape index (κ3) is 6.67. The van der Waals surface area contributed by atoms with Gasteiger partial charge in [-0.25, -0.2) is 4.39 Å². The lowest BCUT2D eigenvalue weighted by Crippen LogP contribution is -2.23. The van der Waals surface area contributed by atoms with E-state index in [9.17, 15) is 14.0 Å². The molecule has 0 bridgehead atoms. The molecule has 3 aromatic rings. The number of benzene rings is 3. The summed E-state index contributed by atoms with van der Waals surface area (Å²) in [7, 11) is 0. The molecular weight excluding hydrogens is 409 g/mol. The standard InChI is InChI=1S/C26H26FNO4/c1-3-31-25(29)14-19-6-4-7-20(12-19)16-28-26(30)24-15-23(11-10-18(24)2)32-17-21-8-5-9-22(27)13-21/h4-13,15H,3,14,16-17H2,1-2H3,(H,28,30). The van der Waals surface area contributed by atoms with E-state index in [1.54, 1.807) is 31.2 Å². The highest BCUT2D eigenvalue weighted by molar-refractivity contribution is 5.96. The second-order valence-electron chi connectivity index (χ2n) is 7.38. The summed E-state index contributed by atoms with van der Waals surface area (Å²) in [5.74, 6) is -0.295. The van der Waals surface area contributed by atoms with Crippen LogP contribution in [0.3, 0.4) is 0 Å². The molecule has 0 fully saturated rings. The Balaban J connectivity index is 1.61. The van der Waals surface area contributed by atoms with Gasteiger partial charge in [0.25, 0.3) is 5.91 Å². The summed E-state index contributed by atoms with van der Waals surface area (Å²) in [6.45, 7) is 4.50. The van der Waals surface area contributed by atoms with Crippen molar-refractivity contribution in [3.05, 3.63) is 100 Å². The van der Waals surface area contributed by atoms with E-state index in [1.807, 2.05) is 37.3 Å². The van der Waals surface area contributed by atoms with Gasteiger partial charge in [-0.1, -0.05) is 42.5 Å². The Bertz CT molecular complexity index is 1100. The van der Waals surface area contributed by atoms with Crippen LogP contribution in [0.1, 0.15) is 39.5 Å². The van der Waals surface area contributed by atoms with Crippen LogP contribution in [0.4, 0.5) is 4.39 Å². The molecule has 0 aromatic heterocycles. The van der Waals surface area contributed by atoms with Crippen LogP contribution in [0, 0.1) is 12.7 Å². The Labute approximate surface area is 187 Å². The van der Waals surface area contributed by atoms with Crippen molar-refractivity contribution < 1.29 is 23.5 Å². The Morgan fingerprint density at radius 2 is 1.69 bits per heavy atom. The molecule has 0 aliphatic rings. The summed E-state index contributed by atoms with van der Waals surface area (Å²) in [6.07, 6.45) is 0.194. The number of nitrogens with one attached hydrogen (secondary N) is 1. The molecule has 32 heavy (non-hydrogen) atoms. The molecule has 3 rings (SSSR count). The van der Waals surface area contributed by atoms with Crippen LogP contribution in [0.5, 0.6) is 5.75 Å². The van der Waals surface area contributed by atoms with Crippen LogP contribution in [-0.4, -0.2) is 18.5 Å². The lowest BCUT2D eigenvalue weighted by Gasteiger charge is -2.12. The van der Waals surface area contributed by atoms with Gasteiger partial charge in [0.1, 0.15) is 18.2 Å². The molecule has 166 valence electrons. The van der Waals surface area contributed by atoms with Gasteiger partial charge in [0.05, 0.1) is 13.0 Å². The normalized spacial score (nSPS) is 10.5. The Hall–Kier alpha value is -3.67. The van der Waals surface area contributed by atoms with Gasteiger partial charge in [-0.2, -0.15) is 0 Å². The van der Waals surface area contributed by atoms with E-state index in [0.717, 1.165) is 16.7 Å². The molecule has 5 nitrogen and oxygen atoms in total. The monoisotopic (exact) mass is 435 g/mol. The first kappa shape index (κ1) is 23.0. The number of halogens is 1. The molecule has 0 saturated carbocycles. The largest absolute Gasteiger partial charge is 0.489 e. The third-order valence-electron chi connectivity index (χ3n) is 4.85. The SMILES string of the molecule is CCOC(=O)Cc1cccc(CNC(=O)c2cc(OCc3cccc(F)c3)ccc2C)c1. The van der Waals surface area contributed by atoms with E-state index in [4.69, 9.17) is 9.47 Å². The summed E-state index contributed by atoms with van der Waals surface area (Å²) < 4.78 is 24.0. The molecule has 0 unspecified atom stereocenters. The fourth-order valence-electron chi connectivity index (χ4n) is 3.23. The molecule has 0 saturated heterocycles. The fraction of sp³-hybridized carbons (Fsp3) is 0.231. The van der Waals surface area contributed by atoms with Gasteiger partial charge >= 0.3 is 5.97 Å². The third-order valence-corrected chi connectivity index (χ3v) is 4.85. The van der Waals surface area contributed by atoms with E-state index in [-0.39, 0.29) is 30.7 Å². The van der Waals surface area contributed by atoms with Crippen molar-refractivity contribution in [1.29, 1.82) is 0 Å². The van der Waals surface area contributed by atoms with Crippen molar-refractivity contribution in [2.75, 3.05) is 6.61 Å². The molecule has 3 aromatic carbocycles. The highest BCUT2D eigenvalue weighted by Gasteiger charge is 2.11. The maximum Gasteiger partial charge on any atom is 0.310 e. The fourth-order valence-corrected chi connectivity index (χ4v) is 3.23. The minimum Gasteiger partial charge on any atom is -0.489 e. The first-order valence-electron chi connectivity index (χ1n) is 10.4. The lowest BCUT2D eigenvalue weighted by molar-refractivity contribution is -0.142. The molecule has 0 spiro atoms. The molecule has 0 atom stereocenters. The van der Waals surface area contributed by atoms with Crippen molar-refractivity contribution in [2.45, 2.75) is 33.4 Å². The topological polar surface area (TPSA) is 64.6 Å². The number of hydrogen-bond acceptors (Lipinski definition) is 4. The van der Waals surface area contributed by atoms with Gasteiger partial charge in [0.15, 0.2) is 0 Å². The summed E-state index contributed by atoms with van der Waals surface area (Å²) >= 11 is 0. The van der Waals surface area contributed by atoms with Crippen LogP contribution in [-0.2, 0) is 29.1 Å². The van der Waals surface area contributed by atoms with Gasteiger partial charge in [0, 0.05) is 12.1 Å². The highest BCUT2D eigenvalue weighted by Crippen LogP contribution is 2.19. The number of ether oxygens (including phenoxy) is 2. The van der Waals surface area contributed by atoms with E-state index in [0.29, 0.717) is 30.0 Å². The number of carbonyl (C=O) groups excluding carboxylic acids is 2. The summed E-state index contributed by atoms with van der Waals surface area (Å²) in [5, 5.41) is 2.91. The van der Waals surface area contributed by atoms with Crippen LogP contribution in [0.2, 0.25) is 0 Å².